The first-order valence-electron chi connectivity index (χ1n) is 6.94. The molecule has 3 N–H and O–H groups in total. The maximum atomic E-state index is 12.1. The molecule has 0 aliphatic carbocycles. The first-order valence-corrected chi connectivity index (χ1v) is 8.42. The number of carbonyl (C=O) groups excluding carboxylic acids is 1. The van der Waals surface area contributed by atoms with Gasteiger partial charge < -0.3 is 14.9 Å². The van der Waals surface area contributed by atoms with E-state index in [0.29, 0.717) is 6.42 Å². The fourth-order valence-corrected chi connectivity index (χ4v) is 2.95. The summed E-state index contributed by atoms with van der Waals surface area (Å²) in [7, 11) is -3.83. The average Bonchev–Trinajstić information content (AvgIpc) is 2.94. The molecule has 0 bridgehead atoms. The van der Waals surface area contributed by atoms with Crippen LogP contribution < -0.4 is 10.5 Å². The third kappa shape index (κ3) is 5.96. The van der Waals surface area contributed by atoms with Gasteiger partial charge in [-0.25, -0.2) is 17.9 Å². The van der Waals surface area contributed by atoms with Gasteiger partial charge in [0.15, 0.2) is 0 Å². The van der Waals surface area contributed by atoms with Gasteiger partial charge in [-0.05, 0) is 25.5 Å². The van der Waals surface area contributed by atoms with Gasteiger partial charge in [0.1, 0.15) is 0 Å². The maximum Gasteiger partial charge on any atom is 0.374 e. The first-order chi connectivity index (χ1) is 9.94. The standard InChI is InChI=1S/C13H22N2O5S.ClH/c1-3-5-6-10(9-14)15-21(17,18)12-8-7-11(20-12)13(16)19-4-2;/h7-8,10,15H,3-6,9,14H2,1-2H3;1H. The molecule has 1 unspecified atom stereocenters. The Morgan fingerprint density at radius 1 is 1.41 bits per heavy atom. The minimum absolute atomic E-state index is 0. The van der Waals surface area contributed by atoms with Gasteiger partial charge in [-0.15, -0.1) is 12.4 Å². The van der Waals surface area contributed by atoms with Crippen molar-refractivity contribution in [1.82, 2.24) is 4.72 Å². The molecule has 1 rings (SSSR count). The van der Waals surface area contributed by atoms with Crippen molar-refractivity contribution in [2.75, 3.05) is 13.2 Å². The van der Waals surface area contributed by atoms with Gasteiger partial charge in [-0.2, -0.15) is 0 Å². The number of carbonyl (C=O) groups is 1. The lowest BCUT2D eigenvalue weighted by atomic mass is 10.1. The van der Waals surface area contributed by atoms with Crippen LogP contribution in [0.1, 0.15) is 43.7 Å². The molecule has 0 aliphatic rings. The summed E-state index contributed by atoms with van der Waals surface area (Å²) in [6, 6.07) is 2.14. The van der Waals surface area contributed by atoms with Crippen LogP contribution in [0.25, 0.3) is 0 Å². The monoisotopic (exact) mass is 354 g/mol. The fourth-order valence-electron chi connectivity index (χ4n) is 1.73. The number of ether oxygens (including phenoxy) is 1. The minimum Gasteiger partial charge on any atom is -0.460 e. The zero-order valence-electron chi connectivity index (χ0n) is 12.7. The predicted octanol–water partition coefficient (Wildman–Crippen LogP) is 1.67. The van der Waals surface area contributed by atoms with Crippen molar-refractivity contribution in [3.8, 4) is 0 Å². The number of unbranched alkanes of at least 4 members (excludes halogenated alkanes) is 1. The number of rotatable bonds is 9. The van der Waals surface area contributed by atoms with E-state index < -0.39 is 16.0 Å². The molecule has 0 aliphatic heterocycles. The van der Waals surface area contributed by atoms with Crippen molar-refractivity contribution in [2.24, 2.45) is 5.73 Å². The Morgan fingerprint density at radius 2 is 2.09 bits per heavy atom. The summed E-state index contributed by atoms with van der Waals surface area (Å²) in [6.45, 7) is 4.05. The molecule has 9 heteroatoms. The van der Waals surface area contributed by atoms with Crippen molar-refractivity contribution in [3.63, 3.8) is 0 Å². The van der Waals surface area contributed by atoms with Crippen LogP contribution in [-0.4, -0.2) is 33.6 Å². The molecule has 22 heavy (non-hydrogen) atoms. The van der Waals surface area contributed by atoms with Crippen LogP contribution in [0.15, 0.2) is 21.6 Å². The molecular formula is C13H23ClN2O5S. The lowest BCUT2D eigenvalue weighted by Gasteiger charge is -2.15. The molecule has 0 spiro atoms. The normalized spacial score (nSPS) is 12.5. The van der Waals surface area contributed by atoms with Crippen molar-refractivity contribution < 1.29 is 22.4 Å². The Balaban J connectivity index is 0.00000441. The second kappa shape index (κ2) is 9.83. The number of sulfonamides is 1. The first kappa shape index (κ1) is 20.9. The number of esters is 1. The zero-order valence-corrected chi connectivity index (χ0v) is 14.3. The molecule has 1 aromatic heterocycles. The van der Waals surface area contributed by atoms with Crippen molar-refractivity contribution in [3.05, 3.63) is 17.9 Å². The summed E-state index contributed by atoms with van der Waals surface area (Å²) in [5.41, 5.74) is 5.56. The zero-order chi connectivity index (χ0) is 15.9. The van der Waals surface area contributed by atoms with Gasteiger partial charge >= 0.3 is 5.97 Å². The highest BCUT2D eigenvalue weighted by molar-refractivity contribution is 7.89. The van der Waals surface area contributed by atoms with E-state index in [9.17, 15) is 13.2 Å². The molecule has 128 valence electrons. The highest BCUT2D eigenvalue weighted by Crippen LogP contribution is 2.16. The van der Waals surface area contributed by atoms with E-state index >= 15 is 0 Å². The van der Waals surface area contributed by atoms with E-state index in [4.69, 9.17) is 14.9 Å². The van der Waals surface area contributed by atoms with Crippen molar-refractivity contribution in [1.29, 1.82) is 0 Å². The van der Waals surface area contributed by atoms with Crippen LogP contribution in [0, 0.1) is 0 Å². The summed E-state index contributed by atoms with van der Waals surface area (Å²) < 4.78 is 36.6. The summed E-state index contributed by atoms with van der Waals surface area (Å²) in [5.74, 6) is -0.838. The highest BCUT2D eigenvalue weighted by Gasteiger charge is 2.24. The average molecular weight is 355 g/mol. The van der Waals surface area contributed by atoms with Gasteiger partial charge in [0.05, 0.1) is 6.61 Å². The third-order valence-electron chi connectivity index (χ3n) is 2.84. The lowest BCUT2D eigenvalue weighted by Crippen LogP contribution is -2.39. The van der Waals surface area contributed by atoms with Crippen LogP contribution >= 0.6 is 12.4 Å². The van der Waals surface area contributed by atoms with Gasteiger partial charge in [0.2, 0.25) is 10.9 Å². The number of hydrogen-bond donors (Lipinski definition) is 2. The number of furan rings is 1. The van der Waals surface area contributed by atoms with Gasteiger partial charge in [-0.3, -0.25) is 0 Å². The number of hydrogen-bond acceptors (Lipinski definition) is 6. The van der Waals surface area contributed by atoms with Crippen LogP contribution in [0.3, 0.4) is 0 Å². The Kier molecular flexibility index (Phi) is 9.34. The van der Waals surface area contributed by atoms with Crippen molar-refractivity contribution in [2.45, 2.75) is 44.2 Å². The predicted molar refractivity (Wildman–Crippen MR) is 84.6 cm³/mol. The third-order valence-corrected chi connectivity index (χ3v) is 4.23. The molecule has 1 heterocycles. The second-order valence-electron chi connectivity index (χ2n) is 4.54. The molecule has 7 nitrogen and oxygen atoms in total. The maximum absolute atomic E-state index is 12.1. The van der Waals surface area contributed by atoms with Gasteiger partial charge in [0, 0.05) is 12.6 Å². The van der Waals surface area contributed by atoms with Crippen LogP contribution in [0.2, 0.25) is 0 Å². The van der Waals surface area contributed by atoms with Crippen LogP contribution in [0.4, 0.5) is 0 Å². The molecule has 0 amide bonds. The molecule has 1 aromatic rings. The topological polar surface area (TPSA) is 112 Å². The van der Waals surface area contributed by atoms with E-state index in [2.05, 4.69) is 4.72 Å². The van der Waals surface area contributed by atoms with E-state index in [1.165, 1.54) is 12.1 Å². The van der Waals surface area contributed by atoms with Crippen LogP contribution in [0.5, 0.6) is 0 Å². The molecule has 1 atom stereocenters. The number of nitrogens with one attached hydrogen (secondary N) is 1. The fraction of sp³-hybridized carbons (Fsp3) is 0.615. The Hall–Kier alpha value is -1.09. The van der Waals surface area contributed by atoms with E-state index in [1.54, 1.807) is 6.92 Å². The molecule has 0 radical (unpaired) electrons. The molecule has 0 saturated carbocycles. The molecule has 0 saturated heterocycles. The second-order valence-corrected chi connectivity index (χ2v) is 6.18. The Labute approximate surface area is 137 Å². The summed E-state index contributed by atoms with van der Waals surface area (Å²) in [4.78, 5) is 11.5. The summed E-state index contributed by atoms with van der Waals surface area (Å²) >= 11 is 0. The Morgan fingerprint density at radius 3 is 2.64 bits per heavy atom. The smallest absolute Gasteiger partial charge is 0.374 e. The van der Waals surface area contributed by atoms with E-state index in [-0.39, 0.29) is 42.5 Å². The SMILES string of the molecule is CCCCC(CN)NS(=O)(=O)c1ccc(C(=O)OCC)o1.Cl. The van der Waals surface area contributed by atoms with E-state index in [1.807, 2.05) is 6.92 Å². The largest absolute Gasteiger partial charge is 0.460 e. The van der Waals surface area contributed by atoms with Crippen LogP contribution in [-0.2, 0) is 14.8 Å². The Bertz CT molecular complexity index is 559. The minimum atomic E-state index is -3.83. The molecular weight excluding hydrogens is 332 g/mol. The van der Waals surface area contributed by atoms with E-state index in [0.717, 1.165) is 12.8 Å². The number of halogens is 1. The molecule has 0 fully saturated rings. The van der Waals surface area contributed by atoms with Gasteiger partial charge in [-0.1, -0.05) is 19.8 Å². The van der Waals surface area contributed by atoms with Crippen molar-refractivity contribution >= 4 is 28.4 Å². The molecule has 0 aromatic carbocycles. The summed E-state index contributed by atoms with van der Waals surface area (Å²) in [5, 5.41) is -0.319. The highest BCUT2D eigenvalue weighted by atomic mass is 35.5. The summed E-state index contributed by atoms with van der Waals surface area (Å²) in [6.07, 6.45) is 2.47. The number of nitrogens with two attached hydrogens (primary N) is 1. The van der Waals surface area contributed by atoms with Gasteiger partial charge in [0.25, 0.3) is 10.0 Å². The quantitative estimate of drug-likeness (QED) is 0.652. The lowest BCUT2D eigenvalue weighted by molar-refractivity contribution is 0.0484.